The van der Waals surface area contributed by atoms with Gasteiger partial charge in [-0.1, -0.05) is 27.7 Å². The van der Waals surface area contributed by atoms with Crippen molar-refractivity contribution in [1.82, 2.24) is 15.3 Å². The summed E-state index contributed by atoms with van der Waals surface area (Å²) in [5.74, 6) is 0.263. The lowest BCUT2D eigenvalue weighted by atomic mass is 10.1. The summed E-state index contributed by atoms with van der Waals surface area (Å²) < 4.78 is 53.5. The molecule has 5 N–H and O–H groups in total. The highest BCUT2D eigenvalue weighted by Crippen LogP contribution is 2.36. The van der Waals surface area contributed by atoms with Crippen LogP contribution in [-0.2, 0) is 27.0 Å². The number of aldehydes is 1. The first kappa shape index (κ1) is 44.6. The van der Waals surface area contributed by atoms with Gasteiger partial charge >= 0.3 is 6.18 Å². The number of halogens is 3. The largest absolute Gasteiger partial charge is 0.494 e. The number of fused-ring (bicyclic) bond motifs is 1. The fourth-order valence-corrected chi connectivity index (χ4v) is 3.55. The molecule has 14 heteroatoms. The van der Waals surface area contributed by atoms with E-state index >= 15 is 0 Å². The third-order valence-corrected chi connectivity index (χ3v) is 6.23. The van der Waals surface area contributed by atoms with E-state index in [1.807, 2.05) is 27.7 Å². The highest BCUT2D eigenvalue weighted by atomic mass is 19.4. The average Bonchev–Trinajstić information content (AvgIpc) is 3.75. The zero-order valence-electron chi connectivity index (χ0n) is 28.1. The van der Waals surface area contributed by atoms with Gasteiger partial charge in [0.25, 0.3) is 6.47 Å². The average molecular weight is 668 g/mol. The van der Waals surface area contributed by atoms with Crippen molar-refractivity contribution in [2.24, 2.45) is 17.4 Å². The zero-order chi connectivity index (χ0) is 36.6. The highest BCUT2D eigenvalue weighted by Gasteiger charge is 2.33. The second-order valence-electron chi connectivity index (χ2n) is 9.32. The molecular weight excluding hydrogens is 619 g/mol. The van der Waals surface area contributed by atoms with Gasteiger partial charge in [-0.3, -0.25) is 14.4 Å². The van der Waals surface area contributed by atoms with Gasteiger partial charge in [0.15, 0.2) is 6.29 Å². The highest BCUT2D eigenvalue weighted by molar-refractivity contribution is 5.96. The summed E-state index contributed by atoms with van der Waals surface area (Å²) in [6.07, 6.45) is 7.51. The molecule has 0 spiro atoms. The number of amides is 1. The van der Waals surface area contributed by atoms with E-state index < -0.39 is 11.9 Å². The van der Waals surface area contributed by atoms with Crippen molar-refractivity contribution in [3.63, 3.8) is 0 Å². The van der Waals surface area contributed by atoms with Gasteiger partial charge in [-0.05, 0) is 63.9 Å². The quantitative estimate of drug-likeness (QED) is 0.193. The summed E-state index contributed by atoms with van der Waals surface area (Å²) in [7, 11) is 1.33. The first-order chi connectivity index (χ1) is 22.4. The molecule has 1 unspecified atom stereocenters. The standard InChI is InChI=1S/C16H12F3N3O3.C5H11NO.C5H11N.C3H6O2.C2H6.C2H2/c1-24-11-4-2-9(15-21-10(7-23)12(6-20)25-15)8-3-5-13(16(17,18)19)22-14(8)11;1-3-4(2)5(6)7;1-5-3-2-4-6-5;1-2-5-3-4;2*1-2/h2-5,7H,6,20H2,1H3;4H,3H2,1-2H3,(H2,6,7);5-6H,2-4H2,1H3;3H,2H2,1H3;1-2H3;1-2H/t;;5-;;;/m..1.../s1. The Morgan fingerprint density at radius 2 is 1.81 bits per heavy atom. The number of rotatable bonds is 8. The Morgan fingerprint density at radius 1 is 1.17 bits per heavy atom. The molecule has 3 heterocycles. The first-order valence-corrected chi connectivity index (χ1v) is 15.0. The number of nitrogens with one attached hydrogen (secondary N) is 1. The summed E-state index contributed by atoms with van der Waals surface area (Å²) >= 11 is 0. The van der Waals surface area contributed by atoms with E-state index in [9.17, 15) is 27.6 Å². The fourth-order valence-electron chi connectivity index (χ4n) is 3.55. The molecule has 262 valence electrons. The van der Waals surface area contributed by atoms with Gasteiger partial charge in [-0.2, -0.15) is 13.2 Å². The number of oxazole rings is 1. The van der Waals surface area contributed by atoms with Crippen molar-refractivity contribution in [3.8, 4) is 30.1 Å². The molecule has 47 heavy (non-hydrogen) atoms. The zero-order valence-corrected chi connectivity index (χ0v) is 28.1. The lowest BCUT2D eigenvalue weighted by Crippen LogP contribution is -2.19. The van der Waals surface area contributed by atoms with E-state index in [0.29, 0.717) is 30.3 Å². The van der Waals surface area contributed by atoms with Gasteiger partial charge in [0.2, 0.25) is 11.8 Å². The normalized spacial score (nSPS) is 13.5. The Bertz CT molecular complexity index is 1360. The second-order valence-corrected chi connectivity index (χ2v) is 9.32. The minimum atomic E-state index is -4.59. The third-order valence-electron chi connectivity index (χ3n) is 6.23. The molecule has 0 radical (unpaired) electrons. The molecule has 0 saturated carbocycles. The molecule has 11 nitrogen and oxygen atoms in total. The summed E-state index contributed by atoms with van der Waals surface area (Å²) in [6, 6.07) is 5.94. The number of methoxy groups -OCH3 is 1. The number of nitrogens with zero attached hydrogens (tertiary/aromatic N) is 2. The molecular formula is C33H48F3N5O6. The maximum Gasteiger partial charge on any atom is 0.433 e. The van der Waals surface area contributed by atoms with Crippen LogP contribution in [0.3, 0.4) is 0 Å². The number of hydrogen-bond donors (Lipinski definition) is 3. The molecule has 1 amide bonds. The fraction of sp³-hybridized carbons (Fsp3) is 0.485. The minimum Gasteiger partial charge on any atom is -0.494 e. The number of alkyl halides is 3. The molecule has 4 rings (SSSR count). The van der Waals surface area contributed by atoms with E-state index in [-0.39, 0.29) is 47.0 Å². The lowest BCUT2D eigenvalue weighted by molar-refractivity contribution is -0.141. The number of primary amides is 1. The van der Waals surface area contributed by atoms with Crippen LogP contribution in [0.1, 0.15) is 82.7 Å². The minimum absolute atomic E-state index is 0.00924. The van der Waals surface area contributed by atoms with Gasteiger partial charge in [-0.25, -0.2) is 9.97 Å². The number of terminal acetylenes is 1. The SMILES string of the molecule is C#C.CC.CCC(C)C(N)=O.CCOC=O.COc1ccc(-c2nc(C=O)c(CN)o2)c2ccc(C(F)(F)F)nc12.C[C@@H]1CCCN1. The lowest BCUT2D eigenvalue weighted by Gasteiger charge is -2.11. The van der Waals surface area contributed by atoms with E-state index in [4.69, 9.17) is 20.6 Å². The Kier molecular flexibility index (Phi) is 23.5. The topological polar surface area (TPSA) is 173 Å². The van der Waals surface area contributed by atoms with Crippen LogP contribution in [0, 0.1) is 18.8 Å². The van der Waals surface area contributed by atoms with E-state index in [1.54, 1.807) is 13.0 Å². The van der Waals surface area contributed by atoms with Crippen molar-refractivity contribution in [3.05, 3.63) is 41.4 Å². The Hall–Kier alpha value is -4.48. The van der Waals surface area contributed by atoms with E-state index in [2.05, 4.69) is 39.8 Å². The number of carbonyl (C=O) groups excluding carboxylic acids is 3. The number of aromatic nitrogens is 2. The second kappa shape index (κ2) is 24.7. The number of ether oxygens (including phenoxy) is 2. The van der Waals surface area contributed by atoms with Crippen LogP contribution in [0.15, 0.2) is 28.7 Å². The van der Waals surface area contributed by atoms with Gasteiger partial charge in [0.1, 0.15) is 28.4 Å². The van der Waals surface area contributed by atoms with Crippen molar-refractivity contribution >= 4 is 29.6 Å². The molecule has 1 fully saturated rings. The van der Waals surface area contributed by atoms with Crippen LogP contribution in [0.2, 0.25) is 0 Å². The van der Waals surface area contributed by atoms with Gasteiger partial charge in [0, 0.05) is 22.9 Å². The van der Waals surface area contributed by atoms with Crippen molar-refractivity contribution in [1.29, 1.82) is 0 Å². The molecule has 2 aromatic heterocycles. The number of benzene rings is 1. The Morgan fingerprint density at radius 3 is 2.13 bits per heavy atom. The molecule has 2 atom stereocenters. The third kappa shape index (κ3) is 15.6. The molecule has 1 aliphatic heterocycles. The molecule has 1 aromatic carbocycles. The maximum absolute atomic E-state index is 12.9. The van der Waals surface area contributed by atoms with Crippen LogP contribution < -0.4 is 21.5 Å². The number of carbonyl (C=O) groups is 3. The van der Waals surface area contributed by atoms with Crippen LogP contribution in [0.25, 0.3) is 22.4 Å². The number of pyridine rings is 1. The molecule has 1 aliphatic rings. The van der Waals surface area contributed by atoms with Crippen LogP contribution >= 0.6 is 0 Å². The van der Waals surface area contributed by atoms with Crippen LogP contribution in [0.4, 0.5) is 13.2 Å². The smallest absolute Gasteiger partial charge is 0.433 e. The monoisotopic (exact) mass is 667 g/mol. The van der Waals surface area contributed by atoms with Gasteiger partial charge < -0.3 is 30.7 Å². The molecule has 0 aliphatic carbocycles. The molecule has 3 aromatic rings. The van der Waals surface area contributed by atoms with Crippen molar-refractivity contribution in [2.45, 2.75) is 79.6 Å². The molecule has 1 saturated heterocycles. The summed E-state index contributed by atoms with van der Waals surface area (Å²) in [4.78, 5) is 38.1. The maximum atomic E-state index is 12.9. The van der Waals surface area contributed by atoms with Crippen molar-refractivity contribution in [2.75, 3.05) is 20.3 Å². The van der Waals surface area contributed by atoms with E-state index in [1.165, 1.54) is 38.6 Å². The first-order valence-electron chi connectivity index (χ1n) is 15.0. The van der Waals surface area contributed by atoms with Crippen LogP contribution in [-0.4, -0.2) is 54.9 Å². The number of hydrogen-bond acceptors (Lipinski definition) is 10. The van der Waals surface area contributed by atoms with Gasteiger partial charge in [0.05, 0.1) is 20.3 Å². The predicted molar refractivity (Wildman–Crippen MR) is 176 cm³/mol. The van der Waals surface area contributed by atoms with E-state index in [0.717, 1.165) is 18.5 Å². The van der Waals surface area contributed by atoms with Crippen LogP contribution in [0.5, 0.6) is 5.75 Å². The Balaban J connectivity index is 0. The summed E-state index contributed by atoms with van der Waals surface area (Å²) in [6.45, 7) is 13.9. The molecule has 0 bridgehead atoms. The Labute approximate surface area is 275 Å². The predicted octanol–water partition coefficient (Wildman–Crippen LogP) is 5.92. The summed E-state index contributed by atoms with van der Waals surface area (Å²) in [5.41, 5.74) is 9.79. The number of nitrogens with two attached hydrogens (primary N) is 2. The van der Waals surface area contributed by atoms with Crippen molar-refractivity contribution < 1.29 is 41.4 Å². The summed E-state index contributed by atoms with van der Waals surface area (Å²) in [5, 5.41) is 3.66. The van der Waals surface area contributed by atoms with Gasteiger partial charge in [-0.15, -0.1) is 12.8 Å².